The van der Waals surface area contributed by atoms with E-state index in [1.165, 1.54) is 10.6 Å². The maximum atomic E-state index is 11.2. The van der Waals surface area contributed by atoms with E-state index in [-0.39, 0.29) is 0 Å². The van der Waals surface area contributed by atoms with Crippen LogP contribution >= 0.6 is 0 Å². The molecule has 2 aromatic rings. The zero-order valence-corrected chi connectivity index (χ0v) is 11.2. The Balaban J connectivity index is 1.94. The summed E-state index contributed by atoms with van der Waals surface area (Å²) in [6, 6.07) is 5.78. The van der Waals surface area contributed by atoms with E-state index in [9.17, 15) is 8.42 Å². The van der Waals surface area contributed by atoms with E-state index in [1.54, 1.807) is 7.05 Å². The molecule has 0 atom stereocenters. The van der Waals surface area contributed by atoms with Crippen LogP contribution < -0.4 is 5.32 Å². The Labute approximate surface area is 106 Å². The third-order valence-electron chi connectivity index (χ3n) is 2.71. The van der Waals surface area contributed by atoms with Crippen LogP contribution in [0.1, 0.15) is 0 Å². The van der Waals surface area contributed by atoms with Gasteiger partial charge < -0.3 is 10.3 Å². The molecule has 6 nitrogen and oxygen atoms in total. The summed E-state index contributed by atoms with van der Waals surface area (Å²) in [5, 5.41) is 4.14. The molecule has 0 unspecified atom stereocenters. The third kappa shape index (κ3) is 2.99. The second-order valence-corrected chi connectivity index (χ2v) is 6.21. The van der Waals surface area contributed by atoms with E-state index in [0.717, 1.165) is 16.9 Å². The normalized spacial score (nSPS) is 12.2. The number of hydrogen-bond donors (Lipinski definition) is 2. The molecule has 0 saturated heterocycles. The van der Waals surface area contributed by atoms with Gasteiger partial charge in [-0.2, -0.15) is 0 Å². The van der Waals surface area contributed by atoms with Crippen molar-refractivity contribution in [3.8, 4) is 0 Å². The molecule has 18 heavy (non-hydrogen) atoms. The fourth-order valence-electron chi connectivity index (χ4n) is 1.54. The molecule has 0 aliphatic heterocycles. The molecule has 2 aromatic heterocycles. The van der Waals surface area contributed by atoms with Crippen molar-refractivity contribution in [2.45, 2.75) is 0 Å². The van der Waals surface area contributed by atoms with Gasteiger partial charge in [0.25, 0.3) is 0 Å². The van der Waals surface area contributed by atoms with Crippen molar-refractivity contribution in [3.05, 3.63) is 24.4 Å². The molecule has 0 aliphatic rings. The lowest BCUT2D eigenvalue weighted by Crippen LogP contribution is -2.30. The SMILES string of the molecule is CN(CCNc1ccc2cc[nH]c2n1)S(C)(=O)=O. The summed E-state index contributed by atoms with van der Waals surface area (Å²) in [5.41, 5.74) is 0.816. The van der Waals surface area contributed by atoms with Gasteiger partial charge in [-0.05, 0) is 18.2 Å². The first kappa shape index (κ1) is 12.8. The molecule has 7 heteroatoms. The Morgan fingerprint density at radius 1 is 1.39 bits per heavy atom. The molecular formula is C11H16N4O2S. The van der Waals surface area contributed by atoms with Crippen molar-refractivity contribution in [1.29, 1.82) is 0 Å². The lowest BCUT2D eigenvalue weighted by Gasteiger charge is -2.14. The van der Waals surface area contributed by atoms with E-state index >= 15 is 0 Å². The van der Waals surface area contributed by atoms with Gasteiger partial charge in [-0.3, -0.25) is 0 Å². The molecule has 0 saturated carbocycles. The Morgan fingerprint density at radius 2 is 2.17 bits per heavy atom. The molecule has 0 fully saturated rings. The highest BCUT2D eigenvalue weighted by Crippen LogP contribution is 2.12. The number of anilines is 1. The Morgan fingerprint density at radius 3 is 2.89 bits per heavy atom. The number of pyridine rings is 1. The molecule has 2 N–H and O–H groups in total. The zero-order chi connectivity index (χ0) is 13.2. The van der Waals surface area contributed by atoms with Crippen molar-refractivity contribution in [3.63, 3.8) is 0 Å². The predicted molar refractivity (Wildman–Crippen MR) is 72.1 cm³/mol. The number of sulfonamides is 1. The first-order chi connectivity index (χ1) is 8.47. The Bertz CT molecular complexity index is 635. The number of nitrogens with zero attached hydrogens (tertiary/aromatic N) is 2. The van der Waals surface area contributed by atoms with Crippen LogP contribution in [-0.4, -0.2) is 49.1 Å². The highest BCUT2D eigenvalue weighted by Gasteiger charge is 2.09. The first-order valence-electron chi connectivity index (χ1n) is 5.56. The highest BCUT2D eigenvalue weighted by molar-refractivity contribution is 7.88. The van der Waals surface area contributed by atoms with E-state index in [0.29, 0.717) is 13.1 Å². The number of likely N-dealkylation sites (N-methyl/N-ethyl adjacent to an activating group) is 1. The van der Waals surface area contributed by atoms with Crippen LogP contribution in [0.3, 0.4) is 0 Å². The van der Waals surface area contributed by atoms with Crippen LogP contribution in [0.25, 0.3) is 11.0 Å². The molecule has 98 valence electrons. The lowest BCUT2D eigenvalue weighted by atomic mass is 10.3. The third-order valence-corrected chi connectivity index (χ3v) is 4.02. The van der Waals surface area contributed by atoms with Crippen LogP contribution in [0, 0.1) is 0 Å². The molecular weight excluding hydrogens is 252 g/mol. The smallest absolute Gasteiger partial charge is 0.211 e. The summed E-state index contributed by atoms with van der Waals surface area (Å²) in [4.78, 5) is 7.39. The van der Waals surface area contributed by atoms with Crippen LogP contribution in [0.5, 0.6) is 0 Å². The highest BCUT2D eigenvalue weighted by atomic mass is 32.2. The van der Waals surface area contributed by atoms with Gasteiger partial charge >= 0.3 is 0 Å². The summed E-state index contributed by atoms with van der Waals surface area (Å²) in [7, 11) is -1.56. The molecule has 0 bridgehead atoms. The predicted octanol–water partition coefficient (Wildman–Crippen LogP) is 0.866. The van der Waals surface area contributed by atoms with Crippen molar-refractivity contribution in [2.24, 2.45) is 0 Å². The quantitative estimate of drug-likeness (QED) is 0.843. The summed E-state index contributed by atoms with van der Waals surface area (Å²) in [6.07, 6.45) is 3.02. The van der Waals surface area contributed by atoms with Crippen LogP contribution in [-0.2, 0) is 10.0 Å². The van der Waals surface area contributed by atoms with E-state index in [2.05, 4.69) is 15.3 Å². The van der Waals surface area contributed by atoms with Gasteiger partial charge in [-0.15, -0.1) is 0 Å². The van der Waals surface area contributed by atoms with Crippen LogP contribution in [0.4, 0.5) is 5.82 Å². The summed E-state index contributed by atoms with van der Waals surface area (Å²) < 4.78 is 23.7. The Hall–Kier alpha value is -1.60. The Kier molecular flexibility index (Phi) is 3.53. The number of rotatable bonds is 5. The molecule has 0 radical (unpaired) electrons. The second kappa shape index (κ2) is 4.95. The monoisotopic (exact) mass is 268 g/mol. The molecule has 0 aliphatic carbocycles. The topological polar surface area (TPSA) is 78.1 Å². The minimum Gasteiger partial charge on any atom is -0.369 e. The van der Waals surface area contributed by atoms with Crippen molar-refractivity contribution in [1.82, 2.24) is 14.3 Å². The van der Waals surface area contributed by atoms with Gasteiger partial charge in [0.05, 0.1) is 6.26 Å². The second-order valence-electron chi connectivity index (χ2n) is 4.12. The number of H-pyrrole nitrogens is 1. The molecule has 0 aromatic carbocycles. The maximum Gasteiger partial charge on any atom is 0.211 e. The molecule has 0 amide bonds. The molecule has 0 spiro atoms. The lowest BCUT2D eigenvalue weighted by molar-refractivity contribution is 0.486. The van der Waals surface area contributed by atoms with E-state index < -0.39 is 10.0 Å². The first-order valence-corrected chi connectivity index (χ1v) is 7.41. The van der Waals surface area contributed by atoms with Crippen molar-refractivity contribution >= 4 is 26.9 Å². The van der Waals surface area contributed by atoms with Gasteiger partial charge in [0, 0.05) is 31.7 Å². The minimum absolute atomic E-state index is 0.406. The van der Waals surface area contributed by atoms with Crippen LogP contribution in [0.2, 0.25) is 0 Å². The van der Waals surface area contributed by atoms with E-state index in [4.69, 9.17) is 0 Å². The average molecular weight is 268 g/mol. The molecule has 2 heterocycles. The largest absolute Gasteiger partial charge is 0.369 e. The van der Waals surface area contributed by atoms with Gasteiger partial charge in [0.1, 0.15) is 11.5 Å². The fraction of sp³-hybridized carbons (Fsp3) is 0.364. The van der Waals surface area contributed by atoms with Gasteiger partial charge in [0.15, 0.2) is 0 Å². The van der Waals surface area contributed by atoms with Gasteiger partial charge in [-0.1, -0.05) is 0 Å². The van der Waals surface area contributed by atoms with Gasteiger partial charge in [-0.25, -0.2) is 17.7 Å². The maximum absolute atomic E-state index is 11.2. The summed E-state index contributed by atoms with van der Waals surface area (Å²) in [5.74, 6) is 0.729. The van der Waals surface area contributed by atoms with E-state index in [1.807, 2.05) is 24.4 Å². The molecule has 2 rings (SSSR count). The number of aromatic nitrogens is 2. The average Bonchev–Trinajstić information content (AvgIpc) is 2.74. The number of nitrogens with one attached hydrogen (secondary N) is 2. The van der Waals surface area contributed by atoms with Crippen molar-refractivity contribution < 1.29 is 8.42 Å². The zero-order valence-electron chi connectivity index (χ0n) is 10.3. The van der Waals surface area contributed by atoms with Gasteiger partial charge in [0.2, 0.25) is 10.0 Å². The number of aromatic amines is 1. The minimum atomic E-state index is -3.12. The summed E-state index contributed by atoms with van der Waals surface area (Å²) in [6.45, 7) is 0.923. The number of hydrogen-bond acceptors (Lipinski definition) is 4. The standard InChI is InChI=1S/C11H16N4O2S/c1-15(18(2,16)17)8-7-12-10-4-3-9-5-6-13-11(9)14-10/h3-6H,7-8H2,1-2H3,(H2,12,13,14). The fourth-order valence-corrected chi connectivity index (χ4v) is 1.96. The number of fused-ring (bicyclic) bond motifs is 1. The summed E-state index contributed by atoms with van der Waals surface area (Å²) >= 11 is 0. The van der Waals surface area contributed by atoms with Crippen molar-refractivity contribution in [2.75, 3.05) is 31.7 Å². The van der Waals surface area contributed by atoms with Crippen LogP contribution in [0.15, 0.2) is 24.4 Å².